The van der Waals surface area contributed by atoms with Crippen LogP contribution in [0.3, 0.4) is 0 Å². The van der Waals surface area contributed by atoms with Crippen LogP contribution in [-0.2, 0) is 16.1 Å². The van der Waals surface area contributed by atoms with Crippen LogP contribution in [0.25, 0.3) is 0 Å². The van der Waals surface area contributed by atoms with Crippen LogP contribution in [0.15, 0.2) is 90.8 Å². The van der Waals surface area contributed by atoms with Crippen molar-refractivity contribution in [2.24, 2.45) is 0 Å². The summed E-state index contributed by atoms with van der Waals surface area (Å²) in [6.07, 6.45) is 2.62. The van der Waals surface area contributed by atoms with Crippen molar-refractivity contribution in [3.8, 4) is 0 Å². The van der Waals surface area contributed by atoms with E-state index in [0.29, 0.717) is 16.0 Å². The zero-order valence-corrected chi connectivity index (χ0v) is 16.4. The van der Waals surface area contributed by atoms with Crippen molar-refractivity contribution in [1.82, 2.24) is 0 Å². The molecule has 4 rings (SSSR count). The zero-order valence-electron chi connectivity index (χ0n) is 16.4. The van der Waals surface area contributed by atoms with Gasteiger partial charge in [0.05, 0.1) is 17.8 Å². The first kappa shape index (κ1) is 19.4. The fourth-order valence-electron chi connectivity index (χ4n) is 3.57. The van der Waals surface area contributed by atoms with Crippen molar-refractivity contribution < 1.29 is 19.1 Å². The van der Waals surface area contributed by atoms with Gasteiger partial charge in [0, 0.05) is 12.0 Å². The first-order valence-corrected chi connectivity index (χ1v) is 9.60. The molecule has 1 amide bonds. The van der Waals surface area contributed by atoms with Gasteiger partial charge >= 0.3 is 11.9 Å². The zero-order chi connectivity index (χ0) is 21.1. The molecule has 0 saturated carbocycles. The standard InChI is InChI=1S/C24H20N2O4/c1-17-19-11-5-6-12-20(19)24(28)26(22-13-7-8-14-25(22)29)21(17)15-23(27)30-16-18-9-3-2-4-10-18/h2-15,17H,16H2,1H3/b21-15+. The molecule has 0 spiro atoms. The Morgan fingerprint density at radius 2 is 1.77 bits per heavy atom. The van der Waals surface area contributed by atoms with E-state index in [1.807, 2.05) is 49.4 Å². The Hall–Kier alpha value is -3.93. The second-order valence-electron chi connectivity index (χ2n) is 7.00. The number of hydrogen-bond donors (Lipinski definition) is 0. The molecule has 0 aliphatic carbocycles. The van der Waals surface area contributed by atoms with Crippen molar-refractivity contribution in [3.05, 3.63) is 113 Å². The van der Waals surface area contributed by atoms with Crippen molar-refractivity contribution in [3.63, 3.8) is 0 Å². The molecule has 1 atom stereocenters. The molecule has 1 aliphatic rings. The van der Waals surface area contributed by atoms with E-state index in [1.54, 1.807) is 30.3 Å². The number of rotatable bonds is 4. The third-order valence-corrected chi connectivity index (χ3v) is 5.09. The van der Waals surface area contributed by atoms with Crippen LogP contribution in [-0.4, -0.2) is 11.9 Å². The number of hydrogen-bond acceptors (Lipinski definition) is 4. The quantitative estimate of drug-likeness (QED) is 0.290. The summed E-state index contributed by atoms with van der Waals surface area (Å²) in [5.74, 6) is -1.10. The summed E-state index contributed by atoms with van der Waals surface area (Å²) >= 11 is 0. The summed E-state index contributed by atoms with van der Waals surface area (Å²) in [5.41, 5.74) is 2.56. The molecule has 0 fully saturated rings. The Kier molecular flexibility index (Phi) is 5.30. The number of anilines is 1. The van der Waals surface area contributed by atoms with Gasteiger partial charge in [0.2, 0.25) is 0 Å². The summed E-state index contributed by atoms with van der Waals surface area (Å²) in [4.78, 5) is 27.2. The van der Waals surface area contributed by atoms with Crippen LogP contribution in [0.2, 0.25) is 0 Å². The van der Waals surface area contributed by atoms with Crippen LogP contribution < -0.4 is 9.63 Å². The fraction of sp³-hybridized carbons (Fsp3) is 0.125. The van der Waals surface area contributed by atoms with E-state index < -0.39 is 5.97 Å². The van der Waals surface area contributed by atoms with Gasteiger partial charge in [-0.3, -0.25) is 0 Å². The first-order chi connectivity index (χ1) is 14.6. The molecular formula is C24H20N2O4. The van der Waals surface area contributed by atoms with Crippen molar-refractivity contribution >= 4 is 17.7 Å². The van der Waals surface area contributed by atoms with E-state index >= 15 is 0 Å². The maximum atomic E-state index is 13.3. The lowest BCUT2D eigenvalue weighted by atomic mass is 9.87. The highest BCUT2D eigenvalue weighted by atomic mass is 16.5. The number of nitrogens with zero attached hydrogens (tertiary/aromatic N) is 2. The molecule has 2 heterocycles. The van der Waals surface area contributed by atoms with Gasteiger partial charge in [-0.25, -0.2) is 14.3 Å². The summed E-state index contributed by atoms with van der Waals surface area (Å²) < 4.78 is 5.99. The summed E-state index contributed by atoms with van der Waals surface area (Å²) in [5, 5.41) is 12.4. The predicted molar refractivity (Wildman–Crippen MR) is 111 cm³/mol. The molecule has 1 aromatic heterocycles. The minimum Gasteiger partial charge on any atom is -0.711 e. The highest BCUT2D eigenvalue weighted by molar-refractivity contribution is 6.11. The lowest BCUT2D eigenvalue weighted by Gasteiger charge is -2.30. The molecule has 6 heteroatoms. The van der Waals surface area contributed by atoms with Crippen molar-refractivity contribution in [1.29, 1.82) is 0 Å². The van der Waals surface area contributed by atoms with E-state index in [4.69, 9.17) is 4.74 Å². The maximum absolute atomic E-state index is 13.3. The van der Waals surface area contributed by atoms with Crippen LogP contribution in [0.5, 0.6) is 0 Å². The summed E-state index contributed by atoms with van der Waals surface area (Å²) in [6, 6.07) is 21.4. The predicted octanol–water partition coefficient (Wildman–Crippen LogP) is 3.71. The number of aromatic nitrogens is 1. The second-order valence-corrected chi connectivity index (χ2v) is 7.00. The van der Waals surface area contributed by atoms with E-state index in [9.17, 15) is 14.8 Å². The van der Waals surface area contributed by atoms with Gasteiger partial charge in [-0.05, 0) is 23.3 Å². The Bertz CT molecular complexity index is 1120. The fourth-order valence-corrected chi connectivity index (χ4v) is 3.57. The Balaban J connectivity index is 1.72. The molecule has 150 valence electrons. The average molecular weight is 400 g/mol. The SMILES string of the molecule is CC1/C(=C\C(=O)OCc2ccccc2)N(c2cccc[n+]2[O-])C(=O)c2ccccc21. The van der Waals surface area contributed by atoms with E-state index in [2.05, 4.69) is 0 Å². The number of allylic oxidation sites excluding steroid dienone is 1. The van der Waals surface area contributed by atoms with Gasteiger partial charge in [0.25, 0.3) is 5.82 Å². The van der Waals surface area contributed by atoms with Gasteiger partial charge < -0.3 is 9.94 Å². The number of pyridine rings is 1. The number of ether oxygens (including phenoxy) is 1. The maximum Gasteiger partial charge on any atom is 0.346 e. The van der Waals surface area contributed by atoms with Crippen molar-refractivity contribution in [2.75, 3.05) is 4.90 Å². The molecule has 0 N–H and O–H groups in total. The smallest absolute Gasteiger partial charge is 0.346 e. The highest BCUT2D eigenvalue weighted by Crippen LogP contribution is 2.37. The molecule has 2 aromatic carbocycles. The average Bonchev–Trinajstić information content (AvgIpc) is 2.78. The lowest BCUT2D eigenvalue weighted by molar-refractivity contribution is -0.591. The molecular weight excluding hydrogens is 380 g/mol. The van der Waals surface area contributed by atoms with Crippen LogP contribution in [0.1, 0.15) is 34.3 Å². The number of amides is 1. The molecule has 3 aromatic rings. The third-order valence-electron chi connectivity index (χ3n) is 5.09. The number of fused-ring (bicyclic) bond motifs is 1. The normalized spacial score (nSPS) is 17.0. The minimum absolute atomic E-state index is 0.120. The van der Waals surface area contributed by atoms with Gasteiger partial charge in [-0.1, -0.05) is 61.5 Å². The number of esters is 1. The number of carbonyl (C=O) groups excluding carboxylic acids is 2. The second kappa shape index (κ2) is 8.21. The highest BCUT2D eigenvalue weighted by Gasteiger charge is 2.41. The van der Waals surface area contributed by atoms with Gasteiger partial charge in [0.1, 0.15) is 12.3 Å². The Morgan fingerprint density at radius 3 is 2.53 bits per heavy atom. The van der Waals surface area contributed by atoms with Gasteiger partial charge in [-0.15, -0.1) is 0 Å². The summed E-state index contributed by atoms with van der Waals surface area (Å²) in [6.45, 7) is 2.02. The topological polar surface area (TPSA) is 73.6 Å². The molecule has 0 bridgehead atoms. The largest absolute Gasteiger partial charge is 0.711 e. The van der Waals surface area contributed by atoms with Gasteiger partial charge in [-0.2, -0.15) is 4.90 Å². The molecule has 0 saturated heterocycles. The minimum atomic E-state index is -0.578. The monoisotopic (exact) mass is 400 g/mol. The molecule has 1 aliphatic heterocycles. The van der Waals surface area contributed by atoms with Crippen LogP contribution in [0.4, 0.5) is 5.82 Å². The third kappa shape index (κ3) is 3.67. The number of benzene rings is 2. The molecule has 1 unspecified atom stereocenters. The van der Waals surface area contributed by atoms with Gasteiger partial charge in [0.15, 0.2) is 0 Å². The Labute approximate surface area is 174 Å². The first-order valence-electron chi connectivity index (χ1n) is 9.60. The van der Waals surface area contributed by atoms with E-state index in [1.165, 1.54) is 17.2 Å². The van der Waals surface area contributed by atoms with Crippen LogP contribution >= 0.6 is 0 Å². The van der Waals surface area contributed by atoms with E-state index in [0.717, 1.165) is 11.1 Å². The molecule has 30 heavy (non-hydrogen) atoms. The molecule has 6 nitrogen and oxygen atoms in total. The lowest BCUT2D eigenvalue weighted by Crippen LogP contribution is -2.45. The summed E-state index contributed by atoms with van der Waals surface area (Å²) in [7, 11) is 0. The number of carbonyl (C=O) groups is 2. The molecule has 0 radical (unpaired) electrons. The van der Waals surface area contributed by atoms with Crippen LogP contribution in [0, 0.1) is 5.21 Å². The van der Waals surface area contributed by atoms with E-state index in [-0.39, 0.29) is 24.2 Å². The van der Waals surface area contributed by atoms with Crippen molar-refractivity contribution in [2.45, 2.75) is 19.4 Å². The Morgan fingerprint density at radius 1 is 1.07 bits per heavy atom.